The van der Waals surface area contributed by atoms with Crippen LogP contribution in [0, 0.1) is 12.8 Å². The number of unbranched alkanes of at least 4 members (excludes halogenated alkanes) is 1. The Morgan fingerprint density at radius 1 is 1.30 bits per heavy atom. The first-order chi connectivity index (χ1) is 3.81. The summed E-state index contributed by atoms with van der Waals surface area (Å²) in [6, 6.07) is 0. The topological polar surface area (TPSA) is 0 Å². The zero-order valence-electron chi connectivity index (χ0n) is 7.20. The van der Waals surface area contributed by atoms with Gasteiger partial charge in [0, 0.05) is 0 Å². The van der Waals surface area contributed by atoms with Crippen LogP contribution in [0.1, 0.15) is 39.5 Å². The van der Waals surface area contributed by atoms with E-state index < -0.39 is 0 Å². The summed E-state index contributed by atoms with van der Waals surface area (Å²) >= 11 is 0. The van der Waals surface area contributed by atoms with Gasteiger partial charge < -0.3 is 23.9 Å². The maximum absolute atomic E-state index is 3.99. The molecule has 0 aromatic heterocycles. The Hall–Kier alpha value is 1.10. The molecule has 0 rings (SSSR count). The van der Waals surface area contributed by atoms with E-state index in [1.165, 1.54) is 25.7 Å². The summed E-state index contributed by atoms with van der Waals surface area (Å²) in [5, 5.41) is 0. The van der Waals surface area contributed by atoms with Crippen molar-refractivity contribution in [2.75, 3.05) is 0 Å². The molecular formula is C8H17BrZn. The van der Waals surface area contributed by atoms with Crippen molar-refractivity contribution in [3.8, 4) is 0 Å². The maximum Gasteiger partial charge on any atom is 2.00 e. The molecule has 0 N–H and O–H groups in total. The molecule has 10 heavy (non-hydrogen) atoms. The van der Waals surface area contributed by atoms with Gasteiger partial charge in [0.1, 0.15) is 0 Å². The van der Waals surface area contributed by atoms with Crippen LogP contribution < -0.4 is 17.0 Å². The fourth-order valence-corrected chi connectivity index (χ4v) is 0.697. The van der Waals surface area contributed by atoms with E-state index in [4.69, 9.17) is 0 Å². The van der Waals surface area contributed by atoms with Crippen molar-refractivity contribution < 1.29 is 36.5 Å². The normalized spacial score (nSPS) is 11.1. The smallest absolute Gasteiger partial charge is 1.00 e. The van der Waals surface area contributed by atoms with Crippen molar-refractivity contribution >= 4 is 0 Å². The van der Waals surface area contributed by atoms with E-state index in [1.807, 2.05) is 0 Å². The van der Waals surface area contributed by atoms with Crippen LogP contribution in [0.2, 0.25) is 0 Å². The van der Waals surface area contributed by atoms with E-state index in [1.54, 1.807) is 0 Å². The van der Waals surface area contributed by atoms with Crippen molar-refractivity contribution in [1.29, 1.82) is 0 Å². The Kier molecular flexibility index (Phi) is 22.0. The van der Waals surface area contributed by atoms with E-state index >= 15 is 0 Å². The van der Waals surface area contributed by atoms with Gasteiger partial charge in [-0.05, 0) is 0 Å². The molecule has 0 aliphatic heterocycles. The molecule has 1 atom stereocenters. The number of halogens is 1. The predicted octanol–water partition coefficient (Wildman–Crippen LogP) is 0.0384. The van der Waals surface area contributed by atoms with Gasteiger partial charge >= 0.3 is 19.5 Å². The van der Waals surface area contributed by atoms with Gasteiger partial charge in [-0.3, -0.25) is 0 Å². The first-order valence-electron chi connectivity index (χ1n) is 3.64. The predicted molar refractivity (Wildman–Crippen MR) is 38.7 cm³/mol. The van der Waals surface area contributed by atoms with E-state index in [-0.39, 0.29) is 36.5 Å². The fourth-order valence-electron chi connectivity index (χ4n) is 0.697. The van der Waals surface area contributed by atoms with Gasteiger partial charge in [-0.15, -0.1) is 0 Å². The zero-order chi connectivity index (χ0) is 6.41. The molecule has 0 amide bonds. The summed E-state index contributed by atoms with van der Waals surface area (Å²) in [7, 11) is 0. The Morgan fingerprint density at radius 3 is 2.10 bits per heavy atom. The minimum absolute atomic E-state index is 0. The quantitative estimate of drug-likeness (QED) is 0.493. The molecule has 0 aromatic carbocycles. The van der Waals surface area contributed by atoms with Crippen molar-refractivity contribution in [3.05, 3.63) is 6.92 Å². The van der Waals surface area contributed by atoms with E-state index in [2.05, 4.69) is 20.8 Å². The second kappa shape index (κ2) is 12.8. The Morgan fingerprint density at radius 2 is 1.80 bits per heavy atom. The fraction of sp³-hybridized carbons (Fsp3) is 0.875. The molecule has 0 spiro atoms. The van der Waals surface area contributed by atoms with E-state index in [0.717, 1.165) is 0 Å². The van der Waals surface area contributed by atoms with Crippen molar-refractivity contribution in [1.82, 2.24) is 0 Å². The second-order valence-electron chi connectivity index (χ2n) is 2.42. The Balaban J connectivity index is -0.000000245. The number of hydrogen-bond acceptors (Lipinski definition) is 0. The summed E-state index contributed by atoms with van der Waals surface area (Å²) in [4.78, 5) is 0. The van der Waals surface area contributed by atoms with Gasteiger partial charge in [-0.2, -0.15) is 5.92 Å². The van der Waals surface area contributed by atoms with Gasteiger partial charge in [0.2, 0.25) is 0 Å². The molecule has 0 saturated heterocycles. The molecule has 0 aliphatic rings. The molecule has 0 radical (unpaired) electrons. The van der Waals surface area contributed by atoms with E-state index in [0.29, 0.717) is 5.92 Å². The van der Waals surface area contributed by atoms with E-state index in [9.17, 15) is 0 Å². The zero-order valence-corrected chi connectivity index (χ0v) is 11.8. The van der Waals surface area contributed by atoms with Crippen molar-refractivity contribution in [2.24, 2.45) is 5.92 Å². The largest absolute Gasteiger partial charge is 2.00 e. The molecule has 0 aromatic rings. The second-order valence-corrected chi connectivity index (χ2v) is 2.42. The Bertz CT molecular complexity index is 48.5. The van der Waals surface area contributed by atoms with Crippen LogP contribution in [-0.2, 0) is 19.5 Å². The average molecular weight is 259 g/mol. The molecular weight excluding hydrogens is 241 g/mol. The van der Waals surface area contributed by atoms with Crippen LogP contribution in [0.5, 0.6) is 0 Å². The van der Waals surface area contributed by atoms with Crippen LogP contribution in [-0.4, -0.2) is 0 Å². The minimum atomic E-state index is 0. The summed E-state index contributed by atoms with van der Waals surface area (Å²) in [6.07, 6.45) is 5.21. The first kappa shape index (κ1) is 17.3. The molecule has 0 heterocycles. The third-order valence-electron chi connectivity index (χ3n) is 1.54. The average Bonchev–Trinajstić information content (AvgIpc) is 1.83. The molecule has 0 bridgehead atoms. The van der Waals surface area contributed by atoms with Gasteiger partial charge in [-0.25, -0.2) is 0 Å². The monoisotopic (exact) mass is 256 g/mol. The van der Waals surface area contributed by atoms with Gasteiger partial charge in [0.15, 0.2) is 0 Å². The van der Waals surface area contributed by atoms with Crippen molar-refractivity contribution in [2.45, 2.75) is 39.5 Å². The van der Waals surface area contributed by atoms with Crippen LogP contribution in [0.4, 0.5) is 0 Å². The number of rotatable bonds is 4. The summed E-state index contributed by atoms with van der Waals surface area (Å²) in [5.41, 5.74) is 0. The van der Waals surface area contributed by atoms with Crippen LogP contribution in [0.3, 0.4) is 0 Å². The molecule has 0 nitrogen and oxygen atoms in total. The van der Waals surface area contributed by atoms with Gasteiger partial charge in [0.25, 0.3) is 0 Å². The molecule has 1 unspecified atom stereocenters. The van der Waals surface area contributed by atoms with Crippen LogP contribution in [0.25, 0.3) is 0 Å². The molecule has 0 fully saturated rings. The first-order valence-corrected chi connectivity index (χ1v) is 3.64. The van der Waals surface area contributed by atoms with Crippen molar-refractivity contribution in [3.63, 3.8) is 0 Å². The Labute approximate surface area is 88.7 Å². The van der Waals surface area contributed by atoms with Gasteiger partial charge in [0.05, 0.1) is 0 Å². The SMILES string of the molecule is [Br-].[CH2-]C(CC)CCCC.[Zn+2]. The van der Waals surface area contributed by atoms with Crippen LogP contribution in [0.15, 0.2) is 0 Å². The molecule has 0 saturated carbocycles. The summed E-state index contributed by atoms with van der Waals surface area (Å²) < 4.78 is 0. The molecule has 2 heteroatoms. The number of hydrogen-bond donors (Lipinski definition) is 0. The minimum Gasteiger partial charge on any atom is -1.00 e. The standard InChI is InChI=1S/C8H17.BrH.Zn/c1-4-6-7-8(3)5-2;;/h8H,3-7H2,1-2H3;1H;/q-1;;+2/p-1. The third kappa shape index (κ3) is 11.8. The third-order valence-corrected chi connectivity index (χ3v) is 1.54. The van der Waals surface area contributed by atoms with Crippen LogP contribution >= 0.6 is 0 Å². The van der Waals surface area contributed by atoms with Gasteiger partial charge in [-0.1, -0.05) is 39.5 Å². The molecule has 0 aliphatic carbocycles. The summed E-state index contributed by atoms with van der Waals surface area (Å²) in [5.74, 6) is 0.704. The maximum atomic E-state index is 3.99. The molecule has 58 valence electrons. The summed E-state index contributed by atoms with van der Waals surface area (Å²) in [6.45, 7) is 8.42.